The molecule has 0 heterocycles. The zero-order chi connectivity index (χ0) is 7.82. The number of nitrogens with two attached hydrogens (primary N) is 1. The molecule has 0 saturated heterocycles. The smallest absolute Gasteiger partial charge is 0.307 e. The van der Waals surface area contributed by atoms with Crippen LogP contribution in [0.2, 0.25) is 0 Å². The van der Waals surface area contributed by atoms with Crippen molar-refractivity contribution in [3.63, 3.8) is 0 Å². The summed E-state index contributed by atoms with van der Waals surface area (Å²) >= 11 is 0. The molecule has 0 spiro atoms. The van der Waals surface area contributed by atoms with Gasteiger partial charge in [-0.05, 0) is 6.42 Å². The maximum absolute atomic E-state index is 10.6. The topological polar surface area (TPSA) is 52.3 Å². The largest absolute Gasteiger partial charge is 0.465 e. The highest BCUT2D eigenvalue weighted by molar-refractivity contribution is 5.69. The van der Waals surface area contributed by atoms with E-state index in [0.717, 1.165) is 0 Å². The number of hydrogen-bond donors (Lipinski definition) is 1. The molecule has 0 aromatic rings. The monoisotopic (exact) mass is 143 g/mol. The summed E-state index contributed by atoms with van der Waals surface area (Å²) < 4.78 is 4.73. The van der Waals surface area contributed by atoms with Gasteiger partial charge in [-0.15, -0.1) is 6.58 Å². The van der Waals surface area contributed by atoms with Crippen LogP contribution in [0.25, 0.3) is 0 Å². The van der Waals surface area contributed by atoms with Gasteiger partial charge >= 0.3 is 5.97 Å². The molecular formula is C7H13NO2. The maximum Gasteiger partial charge on any atom is 0.307 e. The van der Waals surface area contributed by atoms with E-state index in [-0.39, 0.29) is 5.97 Å². The zero-order valence-electron chi connectivity index (χ0n) is 6.01. The van der Waals surface area contributed by atoms with Gasteiger partial charge in [0, 0.05) is 6.54 Å². The molecule has 0 saturated carbocycles. The van der Waals surface area contributed by atoms with Crippen molar-refractivity contribution < 1.29 is 9.53 Å². The highest BCUT2D eigenvalue weighted by Gasteiger charge is 1.97. The Labute approximate surface area is 60.9 Å². The average Bonchev–Trinajstić information content (AvgIpc) is 1.89. The quantitative estimate of drug-likeness (QED) is 0.345. The molecule has 3 nitrogen and oxygen atoms in total. The third kappa shape index (κ3) is 5.31. The summed E-state index contributed by atoms with van der Waals surface area (Å²) in [5.41, 5.74) is 5.11. The van der Waals surface area contributed by atoms with Crippen LogP contribution in [0, 0.1) is 0 Å². The first kappa shape index (κ1) is 9.17. The third-order valence-corrected chi connectivity index (χ3v) is 0.933. The summed E-state index contributed by atoms with van der Waals surface area (Å²) in [6.45, 7) is 4.26. The van der Waals surface area contributed by atoms with E-state index in [9.17, 15) is 4.79 Å². The lowest BCUT2D eigenvalue weighted by Gasteiger charge is -1.99. The van der Waals surface area contributed by atoms with Gasteiger partial charge in [-0.2, -0.15) is 0 Å². The molecule has 0 aliphatic carbocycles. The second-order valence-corrected chi connectivity index (χ2v) is 1.84. The van der Waals surface area contributed by atoms with Crippen LogP contribution in [0.4, 0.5) is 0 Å². The van der Waals surface area contributed by atoms with E-state index < -0.39 is 0 Å². The number of carbonyl (C=O) groups excluding carboxylic acids is 1. The Balaban J connectivity index is 3.13. The summed E-state index contributed by atoms with van der Waals surface area (Å²) in [7, 11) is 0. The van der Waals surface area contributed by atoms with Gasteiger partial charge in [0.1, 0.15) is 0 Å². The highest BCUT2D eigenvalue weighted by atomic mass is 16.5. The molecule has 0 aliphatic rings. The molecule has 10 heavy (non-hydrogen) atoms. The van der Waals surface area contributed by atoms with Gasteiger partial charge in [0.15, 0.2) is 0 Å². The molecule has 0 amide bonds. The van der Waals surface area contributed by atoms with E-state index in [1.807, 2.05) is 0 Å². The zero-order valence-corrected chi connectivity index (χ0v) is 6.01. The minimum absolute atomic E-state index is 0.232. The number of ether oxygens (including phenoxy) is 1. The van der Waals surface area contributed by atoms with E-state index in [0.29, 0.717) is 26.0 Å². The molecular weight excluding hydrogens is 130 g/mol. The van der Waals surface area contributed by atoms with Crippen molar-refractivity contribution in [2.24, 2.45) is 5.73 Å². The van der Waals surface area contributed by atoms with Crippen LogP contribution < -0.4 is 5.73 Å². The Morgan fingerprint density at radius 2 is 2.40 bits per heavy atom. The summed E-state index contributed by atoms with van der Waals surface area (Å²) in [5.74, 6) is -0.232. The van der Waals surface area contributed by atoms with Crippen molar-refractivity contribution in [3.05, 3.63) is 12.7 Å². The first-order valence-electron chi connectivity index (χ1n) is 3.28. The van der Waals surface area contributed by atoms with Crippen LogP contribution >= 0.6 is 0 Å². The van der Waals surface area contributed by atoms with Gasteiger partial charge in [-0.25, -0.2) is 0 Å². The molecule has 58 valence electrons. The number of esters is 1. The molecule has 0 rings (SSSR count). The lowest BCUT2D eigenvalue weighted by atomic mass is 10.4. The molecule has 0 fully saturated rings. The maximum atomic E-state index is 10.6. The van der Waals surface area contributed by atoms with Crippen molar-refractivity contribution in [1.82, 2.24) is 0 Å². The van der Waals surface area contributed by atoms with E-state index in [1.54, 1.807) is 6.08 Å². The molecule has 2 N–H and O–H groups in total. The van der Waals surface area contributed by atoms with E-state index in [2.05, 4.69) is 6.58 Å². The summed E-state index contributed by atoms with van der Waals surface area (Å²) in [5, 5.41) is 0. The van der Waals surface area contributed by atoms with Crippen LogP contribution in [0.1, 0.15) is 12.8 Å². The predicted molar refractivity (Wildman–Crippen MR) is 39.4 cm³/mol. The molecule has 0 atom stereocenters. The second-order valence-electron chi connectivity index (χ2n) is 1.84. The highest BCUT2D eigenvalue weighted by Crippen LogP contribution is 1.86. The molecule has 0 aromatic carbocycles. The number of carbonyl (C=O) groups is 1. The van der Waals surface area contributed by atoms with E-state index in [4.69, 9.17) is 10.5 Å². The molecule has 0 aliphatic heterocycles. The fraction of sp³-hybridized carbons (Fsp3) is 0.571. The standard InChI is InChI=1S/C7H13NO2/c1-2-3-6-10-7(9)4-5-8/h2H,1,3-6,8H2. The van der Waals surface area contributed by atoms with Gasteiger partial charge in [0.2, 0.25) is 0 Å². The van der Waals surface area contributed by atoms with E-state index >= 15 is 0 Å². The minimum Gasteiger partial charge on any atom is -0.465 e. The minimum atomic E-state index is -0.232. The van der Waals surface area contributed by atoms with Crippen molar-refractivity contribution >= 4 is 5.97 Å². The Kier molecular flexibility index (Phi) is 5.77. The fourth-order valence-corrected chi connectivity index (χ4v) is 0.446. The molecule has 0 bridgehead atoms. The lowest BCUT2D eigenvalue weighted by molar-refractivity contribution is -0.143. The van der Waals surface area contributed by atoms with Crippen molar-refractivity contribution in [1.29, 1.82) is 0 Å². The van der Waals surface area contributed by atoms with Crippen LogP contribution in [-0.2, 0) is 9.53 Å². The Morgan fingerprint density at radius 3 is 2.90 bits per heavy atom. The van der Waals surface area contributed by atoms with Crippen LogP contribution in [-0.4, -0.2) is 19.1 Å². The van der Waals surface area contributed by atoms with Crippen molar-refractivity contribution in [2.75, 3.05) is 13.2 Å². The fourth-order valence-electron chi connectivity index (χ4n) is 0.446. The Morgan fingerprint density at radius 1 is 1.70 bits per heavy atom. The second kappa shape index (κ2) is 6.29. The molecule has 0 radical (unpaired) electrons. The van der Waals surface area contributed by atoms with Crippen molar-refractivity contribution in [3.8, 4) is 0 Å². The first-order valence-corrected chi connectivity index (χ1v) is 3.28. The Hall–Kier alpha value is -0.830. The summed E-state index contributed by atoms with van der Waals surface area (Å²) in [4.78, 5) is 10.6. The van der Waals surface area contributed by atoms with E-state index in [1.165, 1.54) is 0 Å². The Bertz CT molecular complexity index is 112. The van der Waals surface area contributed by atoms with Gasteiger partial charge in [0.25, 0.3) is 0 Å². The van der Waals surface area contributed by atoms with Crippen LogP contribution in [0.5, 0.6) is 0 Å². The number of rotatable bonds is 5. The van der Waals surface area contributed by atoms with Gasteiger partial charge < -0.3 is 10.5 Å². The average molecular weight is 143 g/mol. The summed E-state index contributed by atoms with van der Waals surface area (Å²) in [6.07, 6.45) is 2.71. The third-order valence-electron chi connectivity index (χ3n) is 0.933. The summed E-state index contributed by atoms with van der Waals surface area (Å²) in [6, 6.07) is 0. The molecule has 0 unspecified atom stereocenters. The van der Waals surface area contributed by atoms with Crippen LogP contribution in [0.15, 0.2) is 12.7 Å². The van der Waals surface area contributed by atoms with Gasteiger partial charge in [-0.3, -0.25) is 4.79 Å². The first-order chi connectivity index (χ1) is 4.81. The molecule has 0 aromatic heterocycles. The number of hydrogen-bond acceptors (Lipinski definition) is 3. The van der Waals surface area contributed by atoms with Crippen LogP contribution in [0.3, 0.4) is 0 Å². The normalized spacial score (nSPS) is 8.90. The molecule has 3 heteroatoms. The van der Waals surface area contributed by atoms with Crippen molar-refractivity contribution in [2.45, 2.75) is 12.8 Å². The van der Waals surface area contributed by atoms with Gasteiger partial charge in [0.05, 0.1) is 13.0 Å². The van der Waals surface area contributed by atoms with Gasteiger partial charge in [-0.1, -0.05) is 6.08 Å². The lowest BCUT2D eigenvalue weighted by Crippen LogP contribution is -2.11. The predicted octanol–water partition coefficient (Wildman–Crippen LogP) is 0.455. The SMILES string of the molecule is C=CCCOC(=O)CCN.